The Morgan fingerprint density at radius 3 is 2.54 bits per heavy atom. The van der Waals surface area contributed by atoms with E-state index in [4.69, 9.17) is 16.3 Å². The summed E-state index contributed by atoms with van der Waals surface area (Å²) in [4.78, 5) is 43.5. The first-order valence-corrected chi connectivity index (χ1v) is 14.2. The van der Waals surface area contributed by atoms with Gasteiger partial charge in [0.05, 0.1) is 17.9 Å². The Kier molecular flexibility index (Phi) is 6.76. The molecule has 8 atom stereocenters. The van der Waals surface area contributed by atoms with E-state index in [1.54, 1.807) is 29.2 Å². The van der Waals surface area contributed by atoms with Crippen LogP contribution in [0.1, 0.15) is 38.7 Å². The number of hydrogen-bond donors (Lipinski definition) is 2. The zero-order chi connectivity index (χ0) is 27.3. The highest BCUT2D eigenvalue weighted by Gasteiger charge is 2.72. The third-order valence-corrected chi connectivity index (χ3v) is 9.52. The van der Waals surface area contributed by atoms with Gasteiger partial charge >= 0.3 is 0 Å². The number of nitrogens with one attached hydrogen (secondary N) is 2. The fraction of sp³-hybridized carbons (Fsp3) is 0.452. The first-order valence-electron chi connectivity index (χ1n) is 13.9. The van der Waals surface area contributed by atoms with Crippen molar-refractivity contribution in [3.05, 3.63) is 77.3 Å². The molecular formula is C31H34ClN3O4. The molecule has 1 spiro atoms. The molecule has 2 N–H and O–H groups in total. The maximum absolute atomic E-state index is 14.1. The number of anilines is 1. The molecule has 6 rings (SSSR count). The normalized spacial score (nSPS) is 34.7. The van der Waals surface area contributed by atoms with Crippen molar-refractivity contribution in [2.45, 2.75) is 63.4 Å². The summed E-state index contributed by atoms with van der Waals surface area (Å²) in [6.45, 7) is 4.68. The zero-order valence-electron chi connectivity index (χ0n) is 22.2. The molecule has 3 fully saturated rings. The molecule has 1 saturated carbocycles. The summed E-state index contributed by atoms with van der Waals surface area (Å²) in [5.41, 5.74) is 0.318. The highest BCUT2D eigenvalue weighted by atomic mass is 35.5. The highest BCUT2D eigenvalue weighted by Crippen LogP contribution is 2.55. The number of fused-ring (bicyclic) bond motifs is 1. The van der Waals surface area contributed by atoms with Crippen molar-refractivity contribution in [1.82, 2.24) is 10.2 Å². The summed E-state index contributed by atoms with van der Waals surface area (Å²) in [6, 6.07) is 15.7. The lowest BCUT2D eigenvalue weighted by atomic mass is 9.73. The molecule has 204 valence electrons. The van der Waals surface area contributed by atoms with Gasteiger partial charge in [-0.3, -0.25) is 14.4 Å². The molecule has 8 heteroatoms. The maximum atomic E-state index is 14.1. The van der Waals surface area contributed by atoms with Gasteiger partial charge in [-0.15, -0.1) is 0 Å². The maximum Gasteiger partial charge on any atom is 0.246 e. The fourth-order valence-electron chi connectivity index (χ4n) is 7.02. The molecular weight excluding hydrogens is 514 g/mol. The average Bonchev–Trinajstić information content (AvgIpc) is 3.56. The number of halogens is 1. The number of benzene rings is 2. The quantitative estimate of drug-likeness (QED) is 0.519. The van der Waals surface area contributed by atoms with Crippen LogP contribution < -0.4 is 10.6 Å². The number of carbonyl (C=O) groups excluding carboxylic acids is 3. The molecule has 1 aliphatic carbocycles. The van der Waals surface area contributed by atoms with Gasteiger partial charge in [-0.05, 0) is 48.1 Å². The molecule has 3 amide bonds. The summed E-state index contributed by atoms with van der Waals surface area (Å²) in [5, 5.41) is 6.79. The van der Waals surface area contributed by atoms with Crippen LogP contribution in [0.4, 0.5) is 5.69 Å². The van der Waals surface area contributed by atoms with Gasteiger partial charge in [0.1, 0.15) is 11.6 Å². The van der Waals surface area contributed by atoms with Crippen LogP contribution in [0.25, 0.3) is 0 Å². The predicted molar refractivity (Wildman–Crippen MR) is 149 cm³/mol. The topological polar surface area (TPSA) is 87.7 Å². The van der Waals surface area contributed by atoms with Crippen molar-refractivity contribution < 1.29 is 19.1 Å². The number of carbonyl (C=O) groups is 3. The number of hydrogen-bond acceptors (Lipinski definition) is 4. The van der Waals surface area contributed by atoms with Gasteiger partial charge in [-0.1, -0.05) is 80.8 Å². The van der Waals surface area contributed by atoms with E-state index in [2.05, 4.69) is 24.5 Å². The first-order chi connectivity index (χ1) is 18.8. The largest absolute Gasteiger partial charge is 0.359 e. The van der Waals surface area contributed by atoms with Crippen molar-refractivity contribution in [3.63, 3.8) is 0 Å². The smallest absolute Gasteiger partial charge is 0.246 e. The Hall–Kier alpha value is -3.16. The second kappa shape index (κ2) is 10.1. The molecule has 0 aromatic heterocycles. The molecule has 39 heavy (non-hydrogen) atoms. The minimum atomic E-state index is -1.19. The van der Waals surface area contributed by atoms with Crippen LogP contribution in [0.15, 0.2) is 66.7 Å². The Bertz CT molecular complexity index is 1300. The summed E-state index contributed by atoms with van der Waals surface area (Å²) in [7, 11) is 0. The molecule has 3 heterocycles. The molecule has 2 bridgehead atoms. The van der Waals surface area contributed by atoms with Gasteiger partial charge in [-0.25, -0.2) is 0 Å². The summed E-state index contributed by atoms with van der Waals surface area (Å²) in [6.07, 6.45) is 6.25. The molecule has 2 aromatic rings. The number of ether oxygens (including phenoxy) is 1. The van der Waals surface area contributed by atoms with E-state index in [9.17, 15) is 14.4 Å². The van der Waals surface area contributed by atoms with Crippen molar-refractivity contribution >= 4 is 35.0 Å². The lowest BCUT2D eigenvalue weighted by molar-refractivity contribution is -0.142. The molecule has 3 aliphatic heterocycles. The molecule has 2 saturated heterocycles. The van der Waals surface area contributed by atoms with Crippen molar-refractivity contribution in [2.75, 3.05) is 5.32 Å². The lowest BCUT2D eigenvalue weighted by Crippen LogP contribution is -2.57. The third-order valence-electron chi connectivity index (χ3n) is 9.27. The zero-order valence-corrected chi connectivity index (χ0v) is 22.9. The molecule has 0 radical (unpaired) electrons. The summed E-state index contributed by atoms with van der Waals surface area (Å²) in [5.74, 6) is -1.43. The van der Waals surface area contributed by atoms with Crippen LogP contribution in [0.3, 0.4) is 0 Å². The Morgan fingerprint density at radius 1 is 1.05 bits per heavy atom. The predicted octanol–water partition coefficient (Wildman–Crippen LogP) is 4.57. The van der Waals surface area contributed by atoms with Crippen LogP contribution >= 0.6 is 11.6 Å². The Balaban J connectivity index is 1.32. The van der Waals surface area contributed by atoms with E-state index in [0.29, 0.717) is 22.5 Å². The Labute approximate surface area is 233 Å². The minimum absolute atomic E-state index is 0.0389. The monoisotopic (exact) mass is 547 g/mol. The van der Waals surface area contributed by atoms with Crippen LogP contribution in [-0.2, 0) is 25.7 Å². The van der Waals surface area contributed by atoms with Gasteiger partial charge in [0, 0.05) is 23.3 Å². The van der Waals surface area contributed by atoms with Gasteiger partial charge in [0.25, 0.3) is 0 Å². The van der Waals surface area contributed by atoms with Crippen molar-refractivity contribution in [2.24, 2.45) is 23.7 Å². The minimum Gasteiger partial charge on any atom is -0.359 e. The molecule has 4 aliphatic rings. The fourth-order valence-corrected chi connectivity index (χ4v) is 7.15. The van der Waals surface area contributed by atoms with E-state index >= 15 is 0 Å². The molecule has 2 aromatic carbocycles. The van der Waals surface area contributed by atoms with Crippen molar-refractivity contribution in [1.29, 1.82) is 0 Å². The molecule has 0 unspecified atom stereocenters. The third kappa shape index (κ3) is 4.45. The van der Waals surface area contributed by atoms with Crippen LogP contribution in [0.5, 0.6) is 0 Å². The Morgan fingerprint density at radius 2 is 1.79 bits per heavy atom. The van der Waals surface area contributed by atoms with Gasteiger partial charge in [0.2, 0.25) is 17.7 Å². The average molecular weight is 548 g/mol. The SMILES string of the molecule is C[C@H]1[C@H](C)CCC[C@@H]1NC(=O)[C@@H]1N(Cc2ccccc2)C(=O)[C@H]2[C@H](C(=O)Nc3ccc(Cl)cc3)[C@H]3C=C[C@@]12O3. The second-order valence-electron chi connectivity index (χ2n) is 11.5. The van der Waals surface area contributed by atoms with Crippen molar-refractivity contribution in [3.8, 4) is 0 Å². The number of amides is 3. The standard InChI is InChI=1S/C31H34ClN3O4/c1-18-7-6-10-23(19(18)2)34-29(37)27-31-16-15-24(39-31)25(28(36)33-22-13-11-21(32)12-14-22)26(31)30(38)35(27)17-20-8-4-3-5-9-20/h3-5,8-9,11-16,18-19,23-27H,6-7,10,17H2,1-2H3,(H,33,36)(H,34,37)/t18-,19+,23+,24-,25-,26-,27+,31+/m1/s1. The van der Waals surface area contributed by atoms with E-state index < -0.39 is 29.6 Å². The van der Waals surface area contributed by atoms with Crippen LogP contribution in [-0.4, -0.2) is 46.4 Å². The lowest BCUT2D eigenvalue weighted by Gasteiger charge is -2.38. The van der Waals surface area contributed by atoms with Crippen LogP contribution in [0.2, 0.25) is 5.02 Å². The number of likely N-dealkylation sites (tertiary alicyclic amines) is 1. The van der Waals surface area contributed by atoms with Crippen LogP contribution in [0, 0.1) is 23.7 Å². The molecule has 7 nitrogen and oxygen atoms in total. The number of nitrogens with zero attached hydrogens (tertiary/aromatic N) is 1. The summed E-state index contributed by atoms with van der Waals surface area (Å²) < 4.78 is 6.47. The van der Waals surface area contributed by atoms with E-state index in [1.807, 2.05) is 42.5 Å². The van der Waals surface area contributed by atoms with E-state index in [-0.39, 0.29) is 30.3 Å². The second-order valence-corrected chi connectivity index (χ2v) is 12.0. The van der Waals surface area contributed by atoms with Gasteiger partial charge in [-0.2, -0.15) is 0 Å². The van der Waals surface area contributed by atoms with Gasteiger partial charge < -0.3 is 20.3 Å². The number of rotatable bonds is 6. The first kappa shape index (κ1) is 26.1. The summed E-state index contributed by atoms with van der Waals surface area (Å²) >= 11 is 6.00. The van der Waals surface area contributed by atoms with E-state index in [1.165, 1.54) is 0 Å². The van der Waals surface area contributed by atoms with E-state index in [0.717, 1.165) is 24.8 Å². The highest BCUT2D eigenvalue weighted by molar-refractivity contribution is 6.30. The van der Waals surface area contributed by atoms with Gasteiger partial charge in [0.15, 0.2) is 0 Å².